The molecule has 4 heterocycles. The van der Waals surface area contributed by atoms with Gasteiger partial charge in [0, 0.05) is 30.8 Å². The number of carbonyl (C=O) groups is 5. The molecule has 0 radical (unpaired) electrons. The Balaban J connectivity index is 1.02. The fourth-order valence-corrected chi connectivity index (χ4v) is 6.56. The van der Waals surface area contributed by atoms with Gasteiger partial charge in [-0.25, -0.2) is 4.98 Å². The molecule has 7 rings (SSSR count). The lowest BCUT2D eigenvalue weighted by molar-refractivity contribution is -0.138. The Bertz CT molecular complexity index is 2250. The van der Waals surface area contributed by atoms with Gasteiger partial charge in [-0.2, -0.15) is 13.2 Å². The number of fused-ring (bicyclic) bond motifs is 2. The molecule has 2 fully saturated rings. The molecule has 1 unspecified atom stereocenters. The Labute approximate surface area is 293 Å². The van der Waals surface area contributed by atoms with Crippen molar-refractivity contribution < 1.29 is 37.1 Å². The molecule has 260 valence electrons. The number of nitrogens with one attached hydrogen (secondary N) is 2. The molecular weight excluding hydrogens is 689 g/mol. The normalized spacial score (nSPS) is 18.0. The molecule has 51 heavy (non-hydrogen) atoms. The van der Waals surface area contributed by atoms with Crippen molar-refractivity contribution >= 4 is 63.5 Å². The number of carbonyl (C=O) groups excluding carboxylic acids is 5. The highest BCUT2D eigenvalue weighted by Crippen LogP contribution is 2.35. The molecule has 15 heteroatoms. The summed E-state index contributed by atoms with van der Waals surface area (Å²) in [5, 5.41) is 4.57. The maximum absolute atomic E-state index is 13.4. The number of imide groups is 2. The third-order valence-corrected chi connectivity index (χ3v) is 9.65. The topological polar surface area (TPSA) is 134 Å². The Morgan fingerprint density at radius 1 is 0.980 bits per heavy atom. The second-order valence-corrected chi connectivity index (χ2v) is 13.5. The number of imidazole rings is 1. The lowest BCUT2D eigenvalue weighted by Gasteiger charge is -2.38. The van der Waals surface area contributed by atoms with Crippen molar-refractivity contribution in [3.63, 3.8) is 0 Å². The number of nitrogens with zero attached hydrogens (tertiary/aromatic N) is 4. The maximum Gasteiger partial charge on any atom is 0.416 e. The molecule has 0 bridgehead atoms. The van der Waals surface area contributed by atoms with E-state index in [0.29, 0.717) is 29.7 Å². The summed E-state index contributed by atoms with van der Waals surface area (Å²) in [7, 11) is 0. The number of benzene rings is 3. The van der Waals surface area contributed by atoms with Gasteiger partial charge in [0.2, 0.25) is 17.7 Å². The van der Waals surface area contributed by atoms with E-state index in [2.05, 4.69) is 27.5 Å². The highest BCUT2D eigenvalue weighted by atomic mass is 35.5. The van der Waals surface area contributed by atoms with Gasteiger partial charge in [0.1, 0.15) is 11.6 Å². The van der Waals surface area contributed by atoms with E-state index in [1.54, 1.807) is 42.7 Å². The molecule has 0 saturated carbocycles. The first-order chi connectivity index (χ1) is 24.1. The van der Waals surface area contributed by atoms with Crippen molar-refractivity contribution in [2.75, 3.05) is 23.3 Å². The van der Waals surface area contributed by atoms with Crippen molar-refractivity contribution in [3.05, 3.63) is 88.2 Å². The summed E-state index contributed by atoms with van der Waals surface area (Å²) in [6, 6.07) is 12.1. The van der Waals surface area contributed by atoms with E-state index in [4.69, 9.17) is 11.6 Å². The zero-order valence-corrected chi connectivity index (χ0v) is 27.9. The van der Waals surface area contributed by atoms with Gasteiger partial charge in [-0.3, -0.25) is 34.2 Å². The number of halogens is 4. The number of hydrogen-bond donors (Lipinski definition) is 2. The first-order valence-electron chi connectivity index (χ1n) is 15.9. The van der Waals surface area contributed by atoms with E-state index in [-0.39, 0.29) is 40.6 Å². The molecule has 3 aliphatic rings. The molecule has 1 atom stereocenters. The molecule has 3 aromatic carbocycles. The average molecular weight is 717 g/mol. The highest BCUT2D eigenvalue weighted by molar-refractivity contribution is 6.33. The number of hydrogen-bond acceptors (Lipinski definition) is 7. The first-order valence-corrected chi connectivity index (χ1v) is 16.3. The Morgan fingerprint density at radius 2 is 1.73 bits per heavy atom. The molecule has 5 amide bonds. The Morgan fingerprint density at radius 3 is 2.43 bits per heavy atom. The van der Waals surface area contributed by atoms with E-state index in [1.807, 2.05) is 17.0 Å². The summed E-state index contributed by atoms with van der Waals surface area (Å²) in [6.45, 7) is 4.45. The molecule has 3 aliphatic heterocycles. The van der Waals surface area contributed by atoms with Gasteiger partial charge in [0.15, 0.2) is 0 Å². The van der Waals surface area contributed by atoms with Crippen molar-refractivity contribution in [1.82, 2.24) is 19.8 Å². The van der Waals surface area contributed by atoms with Crippen LogP contribution in [0.1, 0.15) is 58.5 Å². The van der Waals surface area contributed by atoms with Crippen molar-refractivity contribution in [2.45, 2.75) is 44.4 Å². The standard InChI is InChI=1S/C36H28ClF3N6O5/c1-35(2,34(51)42-26-10-6-21(14-25(26)37)36(38,39)40)45-18-41-27-9-5-19(13-29(27)45)3-4-20-16-44(17-20)22-7-8-23-24(15-22)33(50)46(32(23)49)28-11-12-30(47)43-31(28)48/h5-10,13-15,18,20,28H,11-12,16-17H2,1-2H3,(H,42,51)(H,43,47,48). The minimum atomic E-state index is -4.57. The maximum atomic E-state index is 13.4. The van der Waals surface area contributed by atoms with E-state index in [0.717, 1.165) is 28.8 Å². The second kappa shape index (κ2) is 12.3. The molecule has 11 nitrogen and oxygen atoms in total. The largest absolute Gasteiger partial charge is 0.416 e. The molecule has 1 aromatic heterocycles. The van der Waals surface area contributed by atoms with Gasteiger partial charge in [-0.1, -0.05) is 23.4 Å². The van der Waals surface area contributed by atoms with E-state index in [1.165, 1.54) is 6.33 Å². The summed E-state index contributed by atoms with van der Waals surface area (Å²) in [4.78, 5) is 70.9. The van der Waals surface area contributed by atoms with Crippen molar-refractivity contribution in [3.8, 4) is 11.8 Å². The van der Waals surface area contributed by atoms with Crippen LogP contribution in [-0.2, 0) is 26.1 Å². The SMILES string of the molecule is CC(C)(C(=O)Nc1ccc(C(F)(F)F)cc1Cl)n1cnc2ccc(C#CC3CN(c4ccc5c(c4)C(=O)N(C4CCC(=O)NC4=O)C5=O)C3)cc21. The van der Waals surface area contributed by atoms with Gasteiger partial charge in [0.25, 0.3) is 11.8 Å². The number of alkyl halides is 3. The predicted octanol–water partition coefficient (Wildman–Crippen LogP) is 4.97. The summed E-state index contributed by atoms with van der Waals surface area (Å²) >= 11 is 6.06. The van der Waals surface area contributed by atoms with Gasteiger partial charge in [0.05, 0.1) is 50.7 Å². The Kier molecular flexibility index (Phi) is 8.13. The summed E-state index contributed by atoms with van der Waals surface area (Å²) < 4.78 is 40.8. The molecule has 2 saturated heterocycles. The average Bonchev–Trinajstić information content (AvgIpc) is 3.59. The molecule has 2 N–H and O–H groups in total. The number of amides is 5. The molecule has 0 aliphatic carbocycles. The zero-order valence-electron chi connectivity index (χ0n) is 27.1. The number of aromatic nitrogens is 2. The predicted molar refractivity (Wildman–Crippen MR) is 180 cm³/mol. The van der Waals surface area contributed by atoms with Crippen LogP contribution in [0.15, 0.2) is 60.9 Å². The van der Waals surface area contributed by atoms with Crippen molar-refractivity contribution in [2.24, 2.45) is 5.92 Å². The fourth-order valence-electron chi connectivity index (χ4n) is 6.33. The van der Waals surface area contributed by atoms with Crippen LogP contribution in [-0.4, -0.2) is 63.1 Å². The number of piperidine rings is 1. The van der Waals surface area contributed by atoms with E-state index < -0.39 is 52.9 Å². The molecule has 0 spiro atoms. The summed E-state index contributed by atoms with van der Waals surface area (Å²) in [6.07, 6.45) is -2.93. The smallest absolute Gasteiger partial charge is 0.369 e. The quantitative estimate of drug-likeness (QED) is 0.220. The van der Waals surface area contributed by atoms with Crippen LogP contribution in [0.4, 0.5) is 24.5 Å². The van der Waals surface area contributed by atoms with Crippen molar-refractivity contribution in [1.29, 1.82) is 0 Å². The zero-order chi connectivity index (χ0) is 36.4. The lowest BCUT2D eigenvalue weighted by Crippen LogP contribution is -2.54. The van der Waals surface area contributed by atoms with Crippen LogP contribution < -0.4 is 15.5 Å². The summed E-state index contributed by atoms with van der Waals surface area (Å²) in [5.41, 5.74) is 0.978. The van der Waals surface area contributed by atoms with Crippen LogP contribution in [0.5, 0.6) is 0 Å². The van der Waals surface area contributed by atoms with Crippen LogP contribution in [0.3, 0.4) is 0 Å². The minimum absolute atomic E-state index is 0.00636. The lowest BCUT2D eigenvalue weighted by atomic mass is 9.98. The third-order valence-electron chi connectivity index (χ3n) is 9.34. The summed E-state index contributed by atoms with van der Waals surface area (Å²) in [5.74, 6) is 3.70. The van der Waals surface area contributed by atoms with Gasteiger partial charge < -0.3 is 14.8 Å². The first kappa shape index (κ1) is 33.8. The Hall–Kier alpha value is -5.68. The second-order valence-electron chi connectivity index (χ2n) is 13.1. The third kappa shape index (κ3) is 6.07. The molecule has 4 aromatic rings. The van der Waals surface area contributed by atoms with Gasteiger partial charge in [-0.15, -0.1) is 0 Å². The van der Waals surface area contributed by atoms with E-state index >= 15 is 0 Å². The van der Waals surface area contributed by atoms with Crippen LogP contribution in [0.2, 0.25) is 5.02 Å². The molecular formula is C36H28ClF3N6O5. The number of rotatable bonds is 5. The van der Waals surface area contributed by atoms with E-state index in [9.17, 15) is 37.1 Å². The van der Waals surface area contributed by atoms with Crippen LogP contribution in [0, 0.1) is 17.8 Å². The number of anilines is 2. The van der Waals surface area contributed by atoms with Crippen LogP contribution >= 0.6 is 11.6 Å². The fraction of sp³-hybridized carbons (Fsp3) is 0.278. The van der Waals surface area contributed by atoms with Crippen LogP contribution in [0.25, 0.3) is 11.0 Å². The monoisotopic (exact) mass is 716 g/mol. The highest BCUT2D eigenvalue weighted by Gasteiger charge is 2.45. The van der Waals surface area contributed by atoms with Gasteiger partial charge >= 0.3 is 6.18 Å². The van der Waals surface area contributed by atoms with Gasteiger partial charge in [-0.05, 0) is 74.9 Å². The minimum Gasteiger partial charge on any atom is -0.369 e.